The minimum atomic E-state index is -0.903. The molecular formula is C15H16N2O2S. The van der Waals surface area contributed by atoms with Gasteiger partial charge in [0.2, 0.25) is 0 Å². The highest BCUT2D eigenvalue weighted by molar-refractivity contribution is 7.10. The zero-order valence-electron chi connectivity index (χ0n) is 11.0. The highest BCUT2D eigenvalue weighted by atomic mass is 32.1. The van der Waals surface area contributed by atoms with Gasteiger partial charge in [-0.25, -0.2) is 4.79 Å². The lowest BCUT2D eigenvalue weighted by Crippen LogP contribution is -2.24. The van der Waals surface area contributed by atoms with Crippen molar-refractivity contribution in [2.75, 3.05) is 6.54 Å². The second-order valence-corrected chi connectivity index (χ2v) is 5.93. The number of hydrogen-bond acceptors (Lipinski definition) is 4. The van der Waals surface area contributed by atoms with E-state index in [2.05, 4.69) is 27.4 Å². The van der Waals surface area contributed by atoms with Gasteiger partial charge >= 0.3 is 5.97 Å². The summed E-state index contributed by atoms with van der Waals surface area (Å²) in [6.07, 6.45) is 3.95. The van der Waals surface area contributed by atoms with Gasteiger partial charge in [0, 0.05) is 23.7 Å². The summed E-state index contributed by atoms with van der Waals surface area (Å²) in [6, 6.07) is 7.93. The van der Waals surface area contributed by atoms with Crippen LogP contribution in [-0.2, 0) is 6.54 Å². The number of pyridine rings is 1. The molecule has 2 aromatic heterocycles. The summed E-state index contributed by atoms with van der Waals surface area (Å²) in [5, 5.41) is 11.3. The van der Waals surface area contributed by atoms with Crippen LogP contribution in [0.4, 0.5) is 0 Å². The Labute approximate surface area is 121 Å². The van der Waals surface area contributed by atoms with Crippen molar-refractivity contribution in [3.05, 3.63) is 52.0 Å². The summed E-state index contributed by atoms with van der Waals surface area (Å²) in [7, 11) is 0. The maximum atomic E-state index is 11.2. The van der Waals surface area contributed by atoms with Gasteiger partial charge in [0.25, 0.3) is 0 Å². The molecule has 1 N–H and O–H groups in total. The van der Waals surface area contributed by atoms with Gasteiger partial charge in [-0.2, -0.15) is 0 Å². The van der Waals surface area contributed by atoms with Crippen molar-refractivity contribution in [1.29, 1.82) is 0 Å². The normalized spacial score (nSPS) is 19.3. The summed E-state index contributed by atoms with van der Waals surface area (Å²) < 4.78 is 0. The van der Waals surface area contributed by atoms with Crippen molar-refractivity contribution >= 4 is 17.3 Å². The fourth-order valence-corrected chi connectivity index (χ4v) is 3.66. The summed E-state index contributed by atoms with van der Waals surface area (Å²) in [6.45, 7) is 1.60. The van der Waals surface area contributed by atoms with Gasteiger partial charge in [-0.05, 0) is 43.0 Å². The molecule has 104 valence electrons. The van der Waals surface area contributed by atoms with Gasteiger partial charge in [-0.3, -0.25) is 9.88 Å². The number of thiophene rings is 1. The van der Waals surface area contributed by atoms with Crippen LogP contribution in [0.1, 0.15) is 39.8 Å². The number of aromatic carboxylic acids is 1. The molecule has 0 bridgehead atoms. The van der Waals surface area contributed by atoms with Crippen LogP contribution in [0.3, 0.4) is 0 Å². The first-order chi connectivity index (χ1) is 9.75. The minimum Gasteiger partial charge on any atom is -0.478 e. The maximum Gasteiger partial charge on any atom is 0.337 e. The van der Waals surface area contributed by atoms with E-state index in [9.17, 15) is 9.90 Å². The topological polar surface area (TPSA) is 53.4 Å². The van der Waals surface area contributed by atoms with Crippen molar-refractivity contribution in [3.8, 4) is 0 Å². The number of carbonyl (C=O) groups is 1. The van der Waals surface area contributed by atoms with E-state index in [1.807, 2.05) is 0 Å². The first kappa shape index (κ1) is 13.3. The fraction of sp³-hybridized carbons (Fsp3) is 0.333. The Morgan fingerprint density at radius 1 is 1.45 bits per heavy atom. The van der Waals surface area contributed by atoms with E-state index < -0.39 is 5.97 Å². The molecule has 1 saturated heterocycles. The lowest BCUT2D eigenvalue weighted by Gasteiger charge is -2.23. The average Bonchev–Trinajstić information content (AvgIpc) is 3.09. The van der Waals surface area contributed by atoms with Gasteiger partial charge in [0.15, 0.2) is 0 Å². The van der Waals surface area contributed by atoms with Crippen molar-refractivity contribution in [1.82, 2.24) is 9.88 Å². The molecular weight excluding hydrogens is 272 g/mol. The van der Waals surface area contributed by atoms with Crippen molar-refractivity contribution in [2.24, 2.45) is 0 Å². The van der Waals surface area contributed by atoms with Crippen LogP contribution >= 0.6 is 11.3 Å². The third kappa shape index (κ3) is 2.59. The summed E-state index contributed by atoms with van der Waals surface area (Å²) in [4.78, 5) is 19.2. The van der Waals surface area contributed by atoms with E-state index in [0.717, 1.165) is 19.4 Å². The fourth-order valence-electron chi connectivity index (χ4n) is 2.77. The van der Waals surface area contributed by atoms with E-state index in [1.54, 1.807) is 29.7 Å². The van der Waals surface area contributed by atoms with E-state index in [0.29, 0.717) is 23.8 Å². The summed E-state index contributed by atoms with van der Waals surface area (Å²) in [5.41, 5.74) is 0.966. The summed E-state index contributed by atoms with van der Waals surface area (Å²) >= 11 is 1.77. The Morgan fingerprint density at radius 3 is 3.10 bits per heavy atom. The molecule has 1 fully saturated rings. The van der Waals surface area contributed by atoms with Crippen molar-refractivity contribution < 1.29 is 9.90 Å². The van der Waals surface area contributed by atoms with Crippen molar-refractivity contribution in [3.63, 3.8) is 0 Å². The zero-order chi connectivity index (χ0) is 13.9. The number of hydrogen-bond donors (Lipinski definition) is 1. The Morgan fingerprint density at radius 2 is 2.35 bits per heavy atom. The molecule has 2 aromatic rings. The molecule has 3 heterocycles. The van der Waals surface area contributed by atoms with Crippen LogP contribution in [0, 0.1) is 0 Å². The molecule has 4 nitrogen and oxygen atoms in total. The molecule has 0 aromatic carbocycles. The molecule has 1 aliphatic heterocycles. The van der Waals surface area contributed by atoms with E-state index >= 15 is 0 Å². The lowest BCUT2D eigenvalue weighted by molar-refractivity contribution is 0.0693. The molecule has 0 aliphatic carbocycles. The van der Waals surface area contributed by atoms with Crippen molar-refractivity contribution in [2.45, 2.75) is 25.4 Å². The average molecular weight is 288 g/mol. The SMILES string of the molecule is O=C(O)c1cccnc1CN1CCCC1c1cccs1. The van der Waals surface area contributed by atoms with E-state index in [1.165, 1.54) is 4.88 Å². The highest BCUT2D eigenvalue weighted by Crippen LogP contribution is 2.35. The largest absolute Gasteiger partial charge is 0.478 e. The van der Waals surface area contributed by atoms with Gasteiger partial charge in [-0.1, -0.05) is 6.07 Å². The molecule has 1 atom stereocenters. The molecule has 0 radical (unpaired) electrons. The Balaban J connectivity index is 1.82. The van der Waals surface area contributed by atoms with Crippen LogP contribution in [0.25, 0.3) is 0 Å². The van der Waals surface area contributed by atoms with Gasteiger partial charge < -0.3 is 5.11 Å². The number of nitrogens with zero attached hydrogens (tertiary/aromatic N) is 2. The quantitative estimate of drug-likeness (QED) is 0.939. The highest BCUT2D eigenvalue weighted by Gasteiger charge is 2.28. The Kier molecular flexibility index (Phi) is 3.80. The molecule has 0 amide bonds. The lowest BCUT2D eigenvalue weighted by atomic mass is 10.1. The third-order valence-corrected chi connectivity index (χ3v) is 4.68. The number of carboxylic acid groups (broad SMARTS) is 1. The molecule has 20 heavy (non-hydrogen) atoms. The van der Waals surface area contributed by atoms with Gasteiger partial charge in [0.1, 0.15) is 0 Å². The second kappa shape index (κ2) is 5.73. The Hall–Kier alpha value is -1.72. The molecule has 0 saturated carbocycles. The van der Waals surface area contributed by atoms with Crippen LogP contribution < -0.4 is 0 Å². The zero-order valence-corrected chi connectivity index (χ0v) is 11.8. The summed E-state index contributed by atoms with van der Waals surface area (Å²) in [5.74, 6) is -0.903. The molecule has 1 unspecified atom stereocenters. The van der Waals surface area contributed by atoms with Crippen LogP contribution in [0.2, 0.25) is 0 Å². The minimum absolute atomic E-state index is 0.310. The molecule has 1 aliphatic rings. The first-order valence-electron chi connectivity index (χ1n) is 6.70. The molecule has 0 spiro atoms. The monoisotopic (exact) mass is 288 g/mol. The van der Waals surface area contributed by atoms with Gasteiger partial charge in [-0.15, -0.1) is 11.3 Å². The smallest absolute Gasteiger partial charge is 0.337 e. The first-order valence-corrected chi connectivity index (χ1v) is 7.58. The Bertz CT molecular complexity index is 598. The van der Waals surface area contributed by atoms with Crippen LogP contribution in [0.5, 0.6) is 0 Å². The molecule has 5 heteroatoms. The van der Waals surface area contributed by atoms with E-state index in [4.69, 9.17) is 0 Å². The number of aromatic nitrogens is 1. The predicted molar refractivity (Wildman–Crippen MR) is 77.9 cm³/mol. The van der Waals surface area contributed by atoms with Crippen LogP contribution in [0.15, 0.2) is 35.8 Å². The third-order valence-electron chi connectivity index (χ3n) is 3.71. The number of rotatable bonds is 4. The molecule has 3 rings (SSSR count). The van der Waals surface area contributed by atoms with Crippen LogP contribution in [-0.4, -0.2) is 27.5 Å². The van der Waals surface area contributed by atoms with E-state index in [-0.39, 0.29) is 0 Å². The van der Waals surface area contributed by atoms with Gasteiger partial charge in [0.05, 0.1) is 11.3 Å². The number of likely N-dealkylation sites (tertiary alicyclic amines) is 1. The standard InChI is InChI=1S/C15H16N2O2S/c18-15(19)11-4-1-7-16-12(11)10-17-8-2-5-13(17)14-6-3-9-20-14/h1,3-4,6-7,9,13H,2,5,8,10H2,(H,18,19). The maximum absolute atomic E-state index is 11.2. The predicted octanol–water partition coefficient (Wildman–Crippen LogP) is 3.18. The number of carboxylic acids is 1. The second-order valence-electron chi connectivity index (χ2n) is 4.95.